The average molecular weight is 235 g/mol. The van der Waals surface area contributed by atoms with Gasteiger partial charge in [-0.3, -0.25) is 0 Å². The second kappa shape index (κ2) is 3.09. The smallest absolute Gasteiger partial charge is 0.0680 e. The number of anilines is 1. The third-order valence-corrected chi connectivity index (χ3v) is 5.49. The van der Waals surface area contributed by atoms with Crippen molar-refractivity contribution >= 4 is 28.4 Å². The zero-order chi connectivity index (χ0) is 10.6. The second-order valence-electron chi connectivity index (χ2n) is 4.04. The maximum absolute atomic E-state index is 3.51. The predicted octanol–water partition coefficient (Wildman–Crippen LogP) is 4.33. The molecule has 3 heterocycles. The van der Waals surface area contributed by atoms with E-state index in [2.05, 4.69) is 32.2 Å². The lowest BCUT2D eigenvalue weighted by molar-refractivity contribution is 1.12. The van der Waals surface area contributed by atoms with E-state index in [0.29, 0.717) is 0 Å². The van der Waals surface area contributed by atoms with E-state index < -0.39 is 0 Å². The Hall–Kier alpha value is -0.800. The van der Waals surface area contributed by atoms with Crippen LogP contribution in [-0.4, -0.2) is 0 Å². The van der Waals surface area contributed by atoms with Crippen LogP contribution in [0.3, 0.4) is 0 Å². The average Bonchev–Trinajstić information content (AvgIpc) is 2.69. The van der Waals surface area contributed by atoms with Gasteiger partial charge < -0.3 is 5.32 Å². The van der Waals surface area contributed by atoms with Crippen molar-refractivity contribution in [3.8, 4) is 9.75 Å². The lowest BCUT2D eigenvalue weighted by Crippen LogP contribution is -2.05. The highest BCUT2D eigenvalue weighted by molar-refractivity contribution is 7.23. The number of hydrogen-bond acceptors (Lipinski definition) is 3. The molecule has 0 atom stereocenters. The molecule has 1 aliphatic heterocycles. The molecule has 0 saturated carbocycles. The van der Waals surface area contributed by atoms with Gasteiger partial charge in [-0.2, -0.15) is 0 Å². The number of fused-ring (bicyclic) bond motifs is 3. The molecule has 2 aromatic heterocycles. The molecule has 0 radical (unpaired) electrons. The van der Waals surface area contributed by atoms with Gasteiger partial charge in [0, 0.05) is 16.3 Å². The Morgan fingerprint density at radius 2 is 1.93 bits per heavy atom. The van der Waals surface area contributed by atoms with E-state index in [1.54, 1.807) is 0 Å². The standard InChI is InChI=1S/C12H13NS2/c1-6-4-10-12(14-6)11-9(5-13-10)7(2)8(3)15-11/h4,13H,5H2,1-3H3. The normalized spacial score (nSPS) is 13.3. The largest absolute Gasteiger partial charge is 0.380 e. The third-order valence-electron chi connectivity index (χ3n) is 3.03. The van der Waals surface area contributed by atoms with E-state index in [9.17, 15) is 0 Å². The molecule has 2 aromatic rings. The van der Waals surface area contributed by atoms with Gasteiger partial charge in [0.25, 0.3) is 0 Å². The van der Waals surface area contributed by atoms with E-state index in [-0.39, 0.29) is 0 Å². The fourth-order valence-electron chi connectivity index (χ4n) is 2.07. The van der Waals surface area contributed by atoms with Crippen LogP contribution in [0.4, 0.5) is 5.69 Å². The number of hydrogen-bond donors (Lipinski definition) is 1. The van der Waals surface area contributed by atoms with Crippen LogP contribution < -0.4 is 5.32 Å². The molecule has 0 aliphatic carbocycles. The molecule has 3 rings (SSSR count). The minimum Gasteiger partial charge on any atom is -0.380 e. The van der Waals surface area contributed by atoms with Crippen molar-refractivity contribution in [3.05, 3.63) is 26.9 Å². The molecule has 0 bridgehead atoms. The summed E-state index contributed by atoms with van der Waals surface area (Å²) in [6.07, 6.45) is 0. The first-order valence-corrected chi connectivity index (χ1v) is 6.73. The Bertz CT molecular complexity index is 534. The maximum atomic E-state index is 3.51. The Balaban J connectivity index is 2.29. The molecule has 0 amide bonds. The summed E-state index contributed by atoms with van der Waals surface area (Å²) in [5.41, 5.74) is 4.30. The molecular weight excluding hydrogens is 222 g/mol. The Morgan fingerprint density at radius 3 is 2.73 bits per heavy atom. The van der Waals surface area contributed by atoms with Crippen LogP contribution in [0.15, 0.2) is 6.07 Å². The molecule has 78 valence electrons. The highest BCUT2D eigenvalue weighted by atomic mass is 32.1. The Labute approximate surface area is 97.8 Å². The zero-order valence-electron chi connectivity index (χ0n) is 9.10. The molecule has 1 N–H and O–H groups in total. The topological polar surface area (TPSA) is 12.0 Å². The van der Waals surface area contributed by atoms with E-state index in [1.807, 2.05) is 22.7 Å². The summed E-state index contributed by atoms with van der Waals surface area (Å²) in [5.74, 6) is 0. The quantitative estimate of drug-likeness (QED) is 0.716. The van der Waals surface area contributed by atoms with Crippen LogP contribution in [0, 0.1) is 20.8 Å². The molecular formula is C12H13NS2. The molecule has 1 nitrogen and oxygen atoms in total. The van der Waals surface area contributed by atoms with Gasteiger partial charge in [0.2, 0.25) is 0 Å². The summed E-state index contributed by atoms with van der Waals surface area (Å²) >= 11 is 3.85. The minimum atomic E-state index is 0.995. The highest BCUT2D eigenvalue weighted by Gasteiger charge is 2.22. The van der Waals surface area contributed by atoms with Gasteiger partial charge in [-0.15, -0.1) is 22.7 Å². The lowest BCUT2D eigenvalue weighted by atomic mass is 10.1. The van der Waals surface area contributed by atoms with E-state index >= 15 is 0 Å². The number of rotatable bonds is 0. The van der Waals surface area contributed by atoms with Crippen molar-refractivity contribution in [2.75, 3.05) is 5.32 Å². The van der Waals surface area contributed by atoms with E-state index in [4.69, 9.17) is 0 Å². The monoisotopic (exact) mass is 235 g/mol. The van der Waals surface area contributed by atoms with Gasteiger partial charge in [-0.1, -0.05) is 0 Å². The van der Waals surface area contributed by atoms with Crippen LogP contribution in [0.25, 0.3) is 9.75 Å². The maximum Gasteiger partial charge on any atom is 0.0680 e. The van der Waals surface area contributed by atoms with Crippen LogP contribution in [0.5, 0.6) is 0 Å². The van der Waals surface area contributed by atoms with Crippen molar-refractivity contribution in [1.29, 1.82) is 0 Å². The first-order valence-electron chi connectivity index (χ1n) is 5.10. The summed E-state index contributed by atoms with van der Waals surface area (Å²) < 4.78 is 0. The van der Waals surface area contributed by atoms with E-state index in [1.165, 1.54) is 36.3 Å². The van der Waals surface area contributed by atoms with Crippen LogP contribution >= 0.6 is 22.7 Å². The fourth-order valence-corrected chi connectivity index (χ4v) is 4.41. The number of thiophene rings is 2. The van der Waals surface area contributed by atoms with Crippen LogP contribution in [0.1, 0.15) is 20.9 Å². The lowest BCUT2D eigenvalue weighted by Gasteiger charge is -2.14. The van der Waals surface area contributed by atoms with Crippen molar-refractivity contribution in [2.24, 2.45) is 0 Å². The molecule has 0 fully saturated rings. The first kappa shape index (κ1) is 9.43. The van der Waals surface area contributed by atoms with Crippen LogP contribution in [0.2, 0.25) is 0 Å². The first-order chi connectivity index (χ1) is 7.16. The molecule has 0 spiro atoms. The molecule has 15 heavy (non-hydrogen) atoms. The summed E-state index contributed by atoms with van der Waals surface area (Å²) in [4.78, 5) is 5.79. The molecule has 0 aromatic carbocycles. The van der Waals surface area contributed by atoms with Crippen molar-refractivity contribution in [3.63, 3.8) is 0 Å². The molecule has 3 heteroatoms. The summed E-state index contributed by atoms with van der Waals surface area (Å²) in [5, 5.41) is 3.51. The van der Waals surface area contributed by atoms with Gasteiger partial charge in [0.15, 0.2) is 0 Å². The van der Waals surface area contributed by atoms with Crippen molar-refractivity contribution in [1.82, 2.24) is 0 Å². The molecule has 0 unspecified atom stereocenters. The summed E-state index contributed by atoms with van der Waals surface area (Å²) in [6, 6.07) is 2.26. The number of aryl methyl sites for hydroxylation is 2. The number of nitrogens with one attached hydrogen (secondary N) is 1. The molecule has 0 saturated heterocycles. The van der Waals surface area contributed by atoms with Gasteiger partial charge in [0.1, 0.15) is 0 Å². The van der Waals surface area contributed by atoms with Gasteiger partial charge in [0.05, 0.1) is 15.4 Å². The molecule has 1 aliphatic rings. The zero-order valence-corrected chi connectivity index (χ0v) is 10.7. The SMILES string of the molecule is Cc1cc2c(s1)-c1sc(C)c(C)c1CN2. The summed E-state index contributed by atoms with van der Waals surface area (Å²) in [6.45, 7) is 7.63. The Morgan fingerprint density at radius 1 is 1.13 bits per heavy atom. The highest BCUT2D eigenvalue weighted by Crippen LogP contribution is 2.47. The van der Waals surface area contributed by atoms with Gasteiger partial charge >= 0.3 is 0 Å². The minimum absolute atomic E-state index is 0.995. The van der Waals surface area contributed by atoms with Gasteiger partial charge in [-0.25, -0.2) is 0 Å². The Kier molecular flexibility index (Phi) is 1.94. The predicted molar refractivity (Wildman–Crippen MR) is 69.2 cm³/mol. The van der Waals surface area contributed by atoms with Crippen LogP contribution in [-0.2, 0) is 6.54 Å². The fraction of sp³-hybridized carbons (Fsp3) is 0.333. The van der Waals surface area contributed by atoms with Crippen molar-refractivity contribution < 1.29 is 0 Å². The van der Waals surface area contributed by atoms with E-state index in [0.717, 1.165) is 6.54 Å². The van der Waals surface area contributed by atoms with Crippen molar-refractivity contribution in [2.45, 2.75) is 27.3 Å². The van der Waals surface area contributed by atoms with Gasteiger partial charge in [-0.05, 0) is 38.0 Å². The third kappa shape index (κ3) is 1.26. The summed E-state index contributed by atoms with van der Waals surface area (Å²) in [7, 11) is 0. The second-order valence-corrected chi connectivity index (χ2v) is 6.53.